The van der Waals surface area contributed by atoms with Gasteiger partial charge >= 0.3 is 0 Å². The Morgan fingerprint density at radius 1 is 0.364 bits per heavy atom. The number of hydrogen-bond donors (Lipinski definition) is 1. The third-order valence-corrected chi connectivity index (χ3v) is 12.1. The zero-order valence-electron chi connectivity index (χ0n) is 29.9. The van der Waals surface area contributed by atoms with Crippen molar-refractivity contribution >= 4 is 75.5 Å². The Morgan fingerprint density at radius 2 is 1.02 bits per heavy atom. The van der Waals surface area contributed by atoms with Crippen LogP contribution in [0.1, 0.15) is 0 Å². The molecule has 55 heavy (non-hydrogen) atoms. The molecule has 0 bridgehead atoms. The lowest BCUT2D eigenvalue weighted by molar-refractivity contribution is 1.20. The molecule has 3 heteroatoms. The molecule has 2 nitrogen and oxygen atoms in total. The number of nitrogens with zero attached hydrogens (tertiary/aromatic N) is 1. The van der Waals surface area contributed by atoms with E-state index in [-0.39, 0.29) is 0 Å². The molecule has 2 heterocycles. The van der Waals surface area contributed by atoms with E-state index in [4.69, 9.17) is 0 Å². The summed E-state index contributed by atoms with van der Waals surface area (Å²) in [5.41, 5.74) is 13.0. The molecular formula is C52H34N2S. The minimum atomic E-state index is 1.07. The van der Waals surface area contributed by atoms with Crippen LogP contribution in [0.25, 0.3) is 91.8 Å². The molecule has 0 saturated heterocycles. The Hall–Kier alpha value is -6.94. The fourth-order valence-electron chi connectivity index (χ4n) is 8.35. The zero-order chi connectivity index (χ0) is 36.3. The lowest BCUT2D eigenvalue weighted by Gasteiger charge is -2.14. The van der Waals surface area contributed by atoms with E-state index in [1.807, 2.05) is 17.4 Å². The number of fused-ring (bicyclic) bond motifs is 7. The third kappa shape index (κ3) is 5.40. The molecule has 11 aromatic rings. The van der Waals surface area contributed by atoms with Crippen LogP contribution in [0.3, 0.4) is 0 Å². The molecule has 0 saturated carbocycles. The number of anilines is 2. The van der Waals surface area contributed by atoms with Gasteiger partial charge in [-0.2, -0.15) is 0 Å². The van der Waals surface area contributed by atoms with Crippen molar-refractivity contribution in [2.45, 2.75) is 0 Å². The first kappa shape index (κ1) is 31.6. The number of nitrogens with one attached hydrogen (secondary N) is 1. The minimum Gasteiger partial charge on any atom is -0.355 e. The standard InChI is InChI=1S/C52H34N2S/c1-2-15-40(16-3-1)53-47-20-7-4-17-41(47)38-13-10-12-34(30-38)36-26-29-50-46(32-36)43-18-5-8-21-49(43)54(50)48-22-11-14-39-31-35(24-27-42(39)48)37-25-28-45-44-19-6-9-23-51(44)55-52(45)33-37/h1-33,53H. The Morgan fingerprint density at radius 3 is 1.95 bits per heavy atom. The molecule has 258 valence electrons. The molecule has 0 radical (unpaired) electrons. The maximum absolute atomic E-state index is 3.63. The highest BCUT2D eigenvalue weighted by molar-refractivity contribution is 7.25. The van der Waals surface area contributed by atoms with E-state index in [0.717, 1.165) is 11.4 Å². The van der Waals surface area contributed by atoms with Gasteiger partial charge in [0.25, 0.3) is 0 Å². The molecule has 0 aliphatic carbocycles. The van der Waals surface area contributed by atoms with Gasteiger partial charge in [-0.05, 0) is 99.9 Å². The van der Waals surface area contributed by atoms with Crippen LogP contribution in [0, 0.1) is 0 Å². The first-order valence-corrected chi connectivity index (χ1v) is 19.6. The molecule has 0 unspecified atom stereocenters. The molecule has 0 aliphatic rings. The first-order chi connectivity index (χ1) is 27.2. The van der Waals surface area contributed by atoms with Gasteiger partial charge in [0, 0.05) is 53.3 Å². The van der Waals surface area contributed by atoms with Crippen molar-refractivity contribution < 1.29 is 0 Å². The predicted octanol–water partition coefficient (Wildman–Crippen LogP) is 15.0. The van der Waals surface area contributed by atoms with Crippen molar-refractivity contribution in [2.75, 3.05) is 5.32 Å². The van der Waals surface area contributed by atoms with Crippen molar-refractivity contribution in [3.8, 4) is 39.1 Å². The van der Waals surface area contributed by atoms with Crippen LogP contribution in [-0.2, 0) is 0 Å². The molecule has 9 aromatic carbocycles. The van der Waals surface area contributed by atoms with Crippen LogP contribution in [0.4, 0.5) is 11.4 Å². The SMILES string of the molecule is c1ccc(Nc2ccccc2-c2cccc(-c3ccc4c(c3)c3ccccc3n4-c3cccc4cc(-c5ccc6c(c5)sc5ccccc56)ccc34)c2)cc1. The van der Waals surface area contributed by atoms with E-state index in [0.29, 0.717) is 0 Å². The summed E-state index contributed by atoms with van der Waals surface area (Å²) in [6.45, 7) is 0. The van der Waals surface area contributed by atoms with Crippen molar-refractivity contribution in [1.29, 1.82) is 0 Å². The smallest absolute Gasteiger partial charge is 0.0541 e. The normalized spacial score (nSPS) is 11.6. The highest BCUT2D eigenvalue weighted by Gasteiger charge is 2.16. The van der Waals surface area contributed by atoms with Gasteiger partial charge < -0.3 is 9.88 Å². The van der Waals surface area contributed by atoms with Crippen LogP contribution >= 0.6 is 11.3 Å². The Kier molecular flexibility index (Phi) is 7.39. The van der Waals surface area contributed by atoms with Gasteiger partial charge in [0.05, 0.1) is 16.7 Å². The summed E-state index contributed by atoms with van der Waals surface area (Å²) < 4.78 is 5.11. The molecule has 1 N–H and O–H groups in total. The second-order valence-corrected chi connectivity index (χ2v) is 15.3. The Bertz CT molecular complexity index is 3240. The van der Waals surface area contributed by atoms with E-state index >= 15 is 0 Å². The van der Waals surface area contributed by atoms with Crippen LogP contribution in [0.2, 0.25) is 0 Å². The molecule has 2 aromatic heterocycles. The molecule has 0 fully saturated rings. The highest BCUT2D eigenvalue weighted by atomic mass is 32.1. The summed E-state index contributed by atoms with van der Waals surface area (Å²) in [5.74, 6) is 0. The lowest BCUT2D eigenvalue weighted by Crippen LogP contribution is -1.95. The van der Waals surface area contributed by atoms with E-state index in [1.54, 1.807) is 0 Å². The van der Waals surface area contributed by atoms with Crippen LogP contribution in [-0.4, -0.2) is 4.57 Å². The number of aromatic nitrogens is 1. The molecule has 0 amide bonds. The number of benzene rings is 9. The summed E-state index contributed by atoms with van der Waals surface area (Å²) in [6.07, 6.45) is 0. The Labute approximate surface area is 323 Å². The fraction of sp³-hybridized carbons (Fsp3) is 0. The maximum atomic E-state index is 3.63. The molecule has 0 spiro atoms. The topological polar surface area (TPSA) is 17.0 Å². The minimum absolute atomic E-state index is 1.07. The lowest BCUT2D eigenvalue weighted by atomic mass is 9.97. The van der Waals surface area contributed by atoms with E-state index in [2.05, 4.69) is 204 Å². The Balaban J connectivity index is 0.995. The number of thiophene rings is 1. The van der Waals surface area contributed by atoms with Crippen molar-refractivity contribution in [3.63, 3.8) is 0 Å². The van der Waals surface area contributed by atoms with Gasteiger partial charge in [-0.3, -0.25) is 0 Å². The second kappa shape index (κ2) is 12.9. The third-order valence-electron chi connectivity index (χ3n) is 11.0. The van der Waals surface area contributed by atoms with Gasteiger partial charge in [-0.1, -0.05) is 133 Å². The summed E-state index contributed by atoms with van der Waals surface area (Å²) in [6, 6.07) is 72.8. The maximum Gasteiger partial charge on any atom is 0.0541 e. The van der Waals surface area contributed by atoms with Crippen LogP contribution in [0.5, 0.6) is 0 Å². The molecule has 0 aliphatic heterocycles. The van der Waals surface area contributed by atoms with Gasteiger partial charge in [0.2, 0.25) is 0 Å². The average molecular weight is 719 g/mol. The van der Waals surface area contributed by atoms with E-state index in [1.165, 1.54) is 91.8 Å². The summed E-state index contributed by atoms with van der Waals surface area (Å²) in [7, 11) is 0. The average Bonchev–Trinajstić information content (AvgIpc) is 3.79. The predicted molar refractivity (Wildman–Crippen MR) is 237 cm³/mol. The van der Waals surface area contributed by atoms with E-state index < -0.39 is 0 Å². The first-order valence-electron chi connectivity index (χ1n) is 18.8. The zero-order valence-corrected chi connectivity index (χ0v) is 30.7. The number of hydrogen-bond acceptors (Lipinski definition) is 2. The number of rotatable bonds is 6. The summed E-state index contributed by atoms with van der Waals surface area (Å²) >= 11 is 1.87. The fourth-order valence-corrected chi connectivity index (χ4v) is 9.49. The largest absolute Gasteiger partial charge is 0.355 e. The molecule has 11 rings (SSSR count). The highest BCUT2D eigenvalue weighted by Crippen LogP contribution is 2.40. The number of para-hydroxylation sites is 3. The van der Waals surface area contributed by atoms with Crippen molar-refractivity contribution in [2.24, 2.45) is 0 Å². The van der Waals surface area contributed by atoms with Gasteiger partial charge in [0.15, 0.2) is 0 Å². The van der Waals surface area contributed by atoms with Gasteiger partial charge in [-0.15, -0.1) is 11.3 Å². The van der Waals surface area contributed by atoms with Gasteiger partial charge in [0.1, 0.15) is 0 Å². The molecular weight excluding hydrogens is 685 g/mol. The van der Waals surface area contributed by atoms with E-state index in [9.17, 15) is 0 Å². The summed E-state index contributed by atoms with van der Waals surface area (Å²) in [5, 5.41) is 11.2. The second-order valence-electron chi connectivity index (χ2n) is 14.2. The molecule has 0 atom stereocenters. The summed E-state index contributed by atoms with van der Waals surface area (Å²) in [4.78, 5) is 0. The van der Waals surface area contributed by atoms with Crippen molar-refractivity contribution in [3.05, 3.63) is 200 Å². The van der Waals surface area contributed by atoms with Crippen molar-refractivity contribution in [1.82, 2.24) is 4.57 Å². The van der Waals surface area contributed by atoms with Crippen LogP contribution < -0.4 is 5.32 Å². The van der Waals surface area contributed by atoms with Gasteiger partial charge in [-0.25, -0.2) is 0 Å². The van der Waals surface area contributed by atoms with Crippen LogP contribution in [0.15, 0.2) is 200 Å². The quantitative estimate of drug-likeness (QED) is 0.181. The monoisotopic (exact) mass is 718 g/mol.